The molecule has 0 amide bonds. The molecule has 0 aliphatic carbocycles. The fraction of sp³-hybridized carbons (Fsp3) is 0.316. The van der Waals surface area contributed by atoms with Crippen molar-refractivity contribution in [3.63, 3.8) is 0 Å². The number of tetrazole rings is 1. The van der Waals surface area contributed by atoms with Gasteiger partial charge in [0.1, 0.15) is 0 Å². The van der Waals surface area contributed by atoms with Gasteiger partial charge in [-0.15, -0.1) is 0 Å². The summed E-state index contributed by atoms with van der Waals surface area (Å²) in [5.74, 6) is 0.524. The van der Waals surface area contributed by atoms with E-state index in [4.69, 9.17) is 0 Å². The van der Waals surface area contributed by atoms with Crippen molar-refractivity contribution in [2.75, 3.05) is 18.4 Å². The van der Waals surface area contributed by atoms with Gasteiger partial charge in [0.25, 0.3) is 0 Å². The van der Waals surface area contributed by atoms with Crippen LogP contribution in [0, 0.1) is 0 Å². The predicted molar refractivity (Wildman–Crippen MR) is 106 cm³/mol. The van der Waals surface area contributed by atoms with Gasteiger partial charge in [0.05, 0.1) is 10.6 Å². The monoisotopic (exact) mass is 398 g/mol. The Morgan fingerprint density at radius 2 is 1.64 bits per heavy atom. The van der Waals surface area contributed by atoms with Gasteiger partial charge in [0.2, 0.25) is 16.0 Å². The van der Waals surface area contributed by atoms with E-state index < -0.39 is 10.0 Å². The van der Waals surface area contributed by atoms with E-state index >= 15 is 0 Å². The maximum atomic E-state index is 12.7. The molecule has 146 valence electrons. The maximum absolute atomic E-state index is 12.7. The Labute approximate surface area is 164 Å². The van der Waals surface area contributed by atoms with Crippen LogP contribution in [0.1, 0.15) is 24.8 Å². The zero-order chi connectivity index (χ0) is 19.4. The molecule has 3 aromatic rings. The molecule has 0 saturated carbocycles. The third-order valence-electron chi connectivity index (χ3n) is 4.80. The lowest BCUT2D eigenvalue weighted by atomic mass is 10.2. The number of anilines is 1. The molecule has 1 aliphatic heterocycles. The van der Waals surface area contributed by atoms with Crippen LogP contribution < -0.4 is 5.32 Å². The molecule has 1 aromatic heterocycles. The predicted octanol–water partition coefficient (Wildman–Crippen LogP) is 2.45. The SMILES string of the molecule is O=S(=O)(c1ccc(CNc2nnnn2-c2ccccc2)cc1)N1CCCCC1. The average molecular weight is 398 g/mol. The molecule has 2 heterocycles. The molecule has 0 spiro atoms. The summed E-state index contributed by atoms with van der Waals surface area (Å²) < 4.78 is 28.7. The standard InChI is InChI=1S/C19H22N6O2S/c26-28(27,24-13-5-2-6-14-24)18-11-9-16(10-12-18)15-20-19-21-22-23-25(19)17-7-3-1-4-8-17/h1,3-4,7-12H,2,5-6,13-15H2,(H,20,21,23). The lowest BCUT2D eigenvalue weighted by Gasteiger charge is -2.25. The van der Waals surface area contributed by atoms with Crippen molar-refractivity contribution >= 4 is 16.0 Å². The summed E-state index contributed by atoms with van der Waals surface area (Å²) >= 11 is 0. The third-order valence-corrected chi connectivity index (χ3v) is 6.71. The van der Waals surface area contributed by atoms with Crippen LogP contribution in [-0.4, -0.2) is 46.0 Å². The summed E-state index contributed by atoms with van der Waals surface area (Å²) in [6.45, 7) is 1.69. The number of hydrogen-bond donors (Lipinski definition) is 1. The number of nitrogens with zero attached hydrogens (tertiary/aromatic N) is 5. The molecule has 9 heteroatoms. The van der Waals surface area contributed by atoms with Crippen LogP contribution in [0.4, 0.5) is 5.95 Å². The van der Waals surface area contributed by atoms with Crippen molar-refractivity contribution in [2.24, 2.45) is 0 Å². The van der Waals surface area contributed by atoms with E-state index in [1.807, 2.05) is 42.5 Å². The average Bonchev–Trinajstić information content (AvgIpc) is 3.22. The summed E-state index contributed by atoms with van der Waals surface area (Å²) in [7, 11) is -3.40. The number of rotatable bonds is 6. The first-order valence-electron chi connectivity index (χ1n) is 9.31. The van der Waals surface area contributed by atoms with Crippen LogP contribution in [-0.2, 0) is 16.6 Å². The van der Waals surface area contributed by atoms with Crippen molar-refractivity contribution in [3.05, 3.63) is 60.2 Å². The lowest BCUT2D eigenvalue weighted by Crippen LogP contribution is -2.35. The van der Waals surface area contributed by atoms with Crippen molar-refractivity contribution in [3.8, 4) is 5.69 Å². The molecular formula is C19H22N6O2S. The Bertz CT molecular complexity index is 1010. The van der Waals surface area contributed by atoms with Crippen LogP contribution in [0.15, 0.2) is 59.5 Å². The topological polar surface area (TPSA) is 93.0 Å². The van der Waals surface area contributed by atoms with E-state index in [2.05, 4.69) is 20.8 Å². The lowest BCUT2D eigenvalue weighted by molar-refractivity contribution is 0.346. The number of sulfonamides is 1. The molecular weight excluding hydrogens is 376 g/mol. The zero-order valence-electron chi connectivity index (χ0n) is 15.4. The summed E-state index contributed by atoms with van der Waals surface area (Å²) in [4.78, 5) is 0.340. The van der Waals surface area contributed by atoms with Crippen LogP contribution in [0.3, 0.4) is 0 Å². The van der Waals surface area contributed by atoms with Gasteiger partial charge < -0.3 is 5.32 Å². The van der Waals surface area contributed by atoms with Crippen LogP contribution in [0.25, 0.3) is 5.69 Å². The third kappa shape index (κ3) is 3.90. The fourth-order valence-corrected chi connectivity index (χ4v) is 4.77. The first-order chi connectivity index (χ1) is 13.6. The summed E-state index contributed by atoms with van der Waals surface area (Å²) in [5.41, 5.74) is 1.80. The second-order valence-corrected chi connectivity index (χ2v) is 8.65. The number of aromatic nitrogens is 4. The minimum atomic E-state index is -3.40. The Morgan fingerprint density at radius 3 is 2.36 bits per heavy atom. The van der Waals surface area contributed by atoms with E-state index in [0.29, 0.717) is 30.5 Å². The van der Waals surface area contributed by atoms with Crippen molar-refractivity contribution in [1.82, 2.24) is 24.5 Å². The quantitative estimate of drug-likeness (QED) is 0.686. The molecule has 0 atom stereocenters. The Hall–Kier alpha value is -2.78. The smallest absolute Gasteiger partial charge is 0.248 e. The molecule has 4 rings (SSSR count). The molecule has 0 bridgehead atoms. The molecule has 1 fully saturated rings. The van der Waals surface area contributed by atoms with E-state index in [0.717, 1.165) is 30.5 Å². The van der Waals surface area contributed by atoms with Gasteiger partial charge in [-0.3, -0.25) is 0 Å². The Kier molecular flexibility index (Phi) is 5.36. The summed E-state index contributed by atoms with van der Waals surface area (Å²) in [6, 6.07) is 16.6. The molecule has 1 aliphatic rings. The van der Waals surface area contributed by atoms with Gasteiger partial charge in [0.15, 0.2) is 0 Å². The van der Waals surface area contributed by atoms with Gasteiger partial charge in [-0.1, -0.05) is 41.9 Å². The summed E-state index contributed by atoms with van der Waals surface area (Å²) in [5, 5.41) is 14.9. The fourth-order valence-electron chi connectivity index (χ4n) is 3.26. The van der Waals surface area contributed by atoms with Gasteiger partial charge in [-0.2, -0.15) is 8.99 Å². The zero-order valence-corrected chi connectivity index (χ0v) is 16.2. The first-order valence-corrected chi connectivity index (χ1v) is 10.8. The number of piperidine rings is 1. The number of hydrogen-bond acceptors (Lipinski definition) is 6. The highest BCUT2D eigenvalue weighted by atomic mass is 32.2. The van der Waals surface area contributed by atoms with E-state index in [9.17, 15) is 8.42 Å². The normalized spacial score (nSPS) is 15.4. The Balaban J connectivity index is 1.44. The molecule has 1 N–H and O–H groups in total. The molecule has 0 unspecified atom stereocenters. The van der Waals surface area contributed by atoms with Crippen molar-refractivity contribution < 1.29 is 8.42 Å². The van der Waals surface area contributed by atoms with E-state index in [-0.39, 0.29) is 0 Å². The second-order valence-electron chi connectivity index (χ2n) is 6.71. The van der Waals surface area contributed by atoms with Crippen LogP contribution in [0.2, 0.25) is 0 Å². The number of nitrogens with one attached hydrogen (secondary N) is 1. The molecule has 8 nitrogen and oxygen atoms in total. The van der Waals surface area contributed by atoms with Gasteiger partial charge in [0, 0.05) is 19.6 Å². The Morgan fingerprint density at radius 1 is 0.929 bits per heavy atom. The first kappa shape index (κ1) is 18.6. The van der Waals surface area contributed by atoms with Crippen LogP contribution >= 0.6 is 0 Å². The second kappa shape index (κ2) is 8.07. The van der Waals surface area contributed by atoms with E-state index in [1.165, 1.54) is 0 Å². The van der Waals surface area contributed by atoms with Gasteiger partial charge in [-0.25, -0.2) is 8.42 Å². The molecule has 28 heavy (non-hydrogen) atoms. The molecule has 1 saturated heterocycles. The van der Waals surface area contributed by atoms with Gasteiger partial charge in [-0.05, 0) is 53.1 Å². The highest BCUT2D eigenvalue weighted by Gasteiger charge is 2.25. The number of benzene rings is 2. The minimum absolute atomic E-state index is 0.340. The molecule has 2 aromatic carbocycles. The number of para-hydroxylation sites is 1. The maximum Gasteiger partial charge on any atom is 0.248 e. The van der Waals surface area contributed by atoms with Crippen molar-refractivity contribution in [2.45, 2.75) is 30.7 Å². The van der Waals surface area contributed by atoms with Crippen molar-refractivity contribution in [1.29, 1.82) is 0 Å². The highest BCUT2D eigenvalue weighted by molar-refractivity contribution is 7.89. The highest BCUT2D eigenvalue weighted by Crippen LogP contribution is 2.21. The van der Waals surface area contributed by atoms with Crippen LogP contribution in [0.5, 0.6) is 0 Å². The summed E-state index contributed by atoms with van der Waals surface area (Å²) in [6.07, 6.45) is 2.95. The van der Waals surface area contributed by atoms with Gasteiger partial charge >= 0.3 is 0 Å². The van der Waals surface area contributed by atoms with E-state index in [1.54, 1.807) is 21.1 Å². The molecule has 0 radical (unpaired) electrons. The largest absolute Gasteiger partial charge is 0.349 e. The minimum Gasteiger partial charge on any atom is -0.349 e.